The zero-order valence-electron chi connectivity index (χ0n) is 22.3. The lowest BCUT2D eigenvalue weighted by Gasteiger charge is -2.33. The molecule has 1 unspecified atom stereocenters. The summed E-state index contributed by atoms with van der Waals surface area (Å²) in [4.78, 5) is 10.0. The first-order valence-electron chi connectivity index (χ1n) is 14.8. The van der Waals surface area contributed by atoms with Crippen LogP contribution in [0.15, 0.2) is 35.3 Å². The standard InChI is InChI=1S/C30H46N4SSi/c1-23-13-15-24(16-14-23)21-34-28(25-9-3-2-4-10-25)22-33(30(34)35)17-7-8-18-36-27-19-31-29(32-20-27)26-11-5-6-12-26/h2-4,9-10,23-24,26-28H,5-8,11-22H2,1H3,(H,31,32)/t23?,24?,28-/m0/s1. The summed E-state index contributed by atoms with van der Waals surface area (Å²) in [6.45, 7) is 7.93. The van der Waals surface area contributed by atoms with Crippen molar-refractivity contribution in [1.82, 2.24) is 15.1 Å². The molecule has 2 saturated carbocycles. The van der Waals surface area contributed by atoms with Crippen molar-refractivity contribution < 1.29 is 0 Å². The second-order valence-corrected chi connectivity index (χ2v) is 14.0. The number of benzene rings is 1. The van der Waals surface area contributed by atoms with Gasteiger partial charge >= 0.3 is 0 Å². The second kappa shape index (κ2) is 12.9. The minimum Gasteiger partial charge on any atom is -0.374 e. The van der Waals surface area contributed by atoms with Crippen molar-refractivity contribution in [1.29, 1.82) is 0 Å². The van der Waals surface area contributed by atoms with Crippen molar-refractivity contribution in [2.45, 2.75) is 88.8 Å². The number of aliphatic imine (C=N–C) groups is 1. The Morgan fingerprint density at radius 1 is 1.03 bits per heavy atom. The van der Waals surface area contributed by atoms with E-state index in [-0.39, 0.29) is 0 Å². The van der Waals surface area contributed by atoms with E-state index in [9.17, 15) is 0 Å². The van der Waals surface area contributed by atoms with Gasteiger partial charge in [0.25, 0.3) is 0 Å². The molecule has 4 nitrogen and oxygen atoms in total. The van der Waals surface area contributed by atoms with E-state index in [1.54, 1.807) is 0 Å². The molecule has 4 aliphatic rings. The third-order valence-corrected chi connectivity index (χ3v) is 11.2. The lowest BCUT2D eigenvalue weighted by atomic mass is 9.82. The molecule has 36 heavy (non-hydrogen) atoms. The summed E-state index contributed by atoms with van der Waals surface area (Å²) in [6.07, 6.45) is 13.5. The second-order valence-electron chi connectivity index (χ2n) is 11.9. The summed E-state index contributed by atoms with van der Waals surface area (Å²) in [5, 5.41) is 4.80. The number of unbranched alkanes of at least 4 members (excludes halogenated alkanes) is 1. The zero-order valence-corrected chi connectivity index (χ0v) is 24.2. The minimum absolute atomic E-state index is 0.417. The number of hydrogen-bond acceptors (Lipinski definition) is 3. The van der Waals surface area contributed by atoms with Crippen molar-refractivity contribution >= 4 is 32.7 Å². The van der Waals surface area contributed by atoms with E-state index in [1.807, 2.05) is 0 Å². The topological polar surface area (TPSA) is 30.9 Å². The van der Waals surface area contributed by atoms with Gasteiger partial charge in [0.2, 0.25) is 0 Å². The van der Waals surface area contributed by atoms with Crippen LogP contribution in [0.2, 0.25) is 11.6 Å². The molecule has 0 amide bonds. The first-order valence-corrected chi connectivity index (χ1v) is 16.5. The molecule has 2 aliphatic carbocycles. The van der Waals surface area contributed by atoms with Crippen LogP contribution in [0, 0.1) is 17.8 Å². The fourth-order valence-corrected chi connectivity index (χ4v) is 8.44. The van der Waals surface area contributed by atoms with Gasteiger partial charge in [-0.05, 0) is 67.3 Å². The molecule has 2 aliphatic heterocycles. The SMILES string of the molecule is CC1CCC(CN2C(=S)N(CCCC[Si]C3CN=C(C4CCCC4)NC3)C[C@H]2c2ccccc2)CC1. The predicted molar refractivity (Wildman–Crippen MR) is 157 cm³/mol. The third-order valence-electron chi connectivity index (χ3n) is 9.10. The Kier molecular flexibility index (Phi) is 9.40. The molecule has 6 heteroatoms. The van der Waals surface area contributed by atoms with Crippen LogP contribution in [-0.4, -0.2) is 63.0 Å². The Labute approximate surface area is 227 Å². The monoisotopic (exact) mass is 522 g/mol. The van der Waals surface area contributed by atoms with Crippen LogP contribution in [0.3, 0.4) is 0 Å². The average molecular weight is 523 g/mol. The van der Waals surface area contributed by atoms with Crippen LogP contribution < -0.4 is 5.32 Å². The normalized spacial score (nSPS) is 29.5. The van der Waals surface area contributed by atoms with Gasteiger partial charge in [-0.3, -0.25) is 4.99 Å². The van der Waals surface area contributed by atoms with Crippen LogP contribution in [0.25, 0.3) is 0 Å². The number of nitrogens with one attached hydrogen (secondary N) is 1. The highest BCUT2D eigenvalue weighted by molar-refractivity contribution is 7.80. The Hall–Kier alpha value is -1.40. The van der Waals surface area contributed by atoms with Crippen LogP contribution >= 0.6 is 12.2 Å². The van der Waals surface area contributed by atoms with Gasteiger partial charge in [0.15, 0.2) is 5.11 Å². The van der Waals surface area contributed by atoms with Crippen molar-refractivity contribution in [2.75, 3.05) is 32.7 Å². The summed E-state index contributed by atoms with van der Waals surface area (Å²) in [5.41, 5.74) is 2.18. The van der Waals surface area contributed by atoms with Crippen molar-refractivity contribution in [3.8, 4) is 0 Å². The summed E-state index contributed by atoms with van der Waals surface area (Å²) in [6, 6.07) is 12.9. The fraction of sp³-hybridized carbons (Fsp3) is 0.733. The van der Waals surface area contributed by atoms with E-state index in [0.717, 1.165) is 70.7 Å². The molecule has 2 radical (unpaired) electrons. The fourth-order valence-electron chi connectivity index (χ4n) is 6.74. The highest BCUT2D eigenvalue weighted by Gasteiger charge is 2.36. The molecule has 0 bridgehead atoms. The molecule has 196 valence electrons. The van der Waals surface area contributed by atoms with Crippen LogP contribution in [-0.2, 0) is 0 Å². The molecule has 0 spiro atoms. The van der Waals surface area contributed by atoms with Crippen molar-refractivity contribution in [3.05, 3.63) is 35.9 Å². The van der Waals surface area contributed by atoms with Gasteiger partial charge in [-0.2, -0.15) is 0 Å². The van der Waals surface area contributed by atoms with Gasteiger partial charge in [0.05, 0.1) is 11.9 Å². The number of hydrogen-bond donors (Lipinski definition) is 1. The Balaban J connectivity index is 1.07. The number of amidine groups is 1. The quantitative estimate of drug-likeness (QED) is 0.221. The van der Waals surface area contributed by atoms with Gasteiger partial charge < -0.3 is 15.1 Å². The van der Waals surface area contributed by atoms with E-state index in [2.05, 4.69) is 52.4 Å². The highest BCUT2D eigenvalue weighted by Crippen LogP contribution is 2.35. The lowest BCUT2D eigenvalue weighted by molar-refractivity contribution is 0.223. The first kappa shape index (κ1) is 26.2. The number of thiocarbonyl (C=S) groups is 1. The third kappa shape index (κ3) is 6.72. The zero-order chi connectivity index (χ0) is 24.7. The predicted octanol–water partition coefficient (Wildman–Crippen LogP) is 6.34. The molecule has 2 atom stereocenters. The minimum atomic E-state index is 0.417. The molecule has 1 aromatic rings. The smallest absolute Gasteiger partial charge is 0.172 e. The van der Waals surface area contributed by atoms with E-state index < -0.39 is 0 Å². The first-order chi connectivity index (χ1) is 17.7. The van der Waals surface area contributed by atoms with E-state index in [0.29, 0.717) is 6.04 Å². The van der Waals surface area contributed by atoms with E-state index >= 15 is 0 Å². The molecular formula is C30H46N4SSi. The summed E-state index contributed by atoms with van der Waals surface area (Å²) in [7, 11) is 1.03. The van der Waals surface area contributed by atoms with Crippen LogP contribution in [0.1, 0.15) is 82.7 Å². The van der Waals surface area contributed by atoms with Gasteiger partial charge in [0, 0.05) is 48.2 Å². The molecule has 1 saturated heterocycles. The largest absolute Gasteiger partial charge is 0.374 e. The summed E-state index contributed by atoms with van der Waals surface area (Å²) in [5.74, 6) is 3.77. The van der Waals surface area contributed by atoms with Crippen LogP contribution in [0.4, 0.5) is 0 Å². The average Bonchev–Trinajstić information content (AvgIpc) is 3.55. The summed E-state index contributed by atoms with van der Waals surface area (Å²) < 4.78 is 0. The van der Waals surface area contributed by atoms with Gasteiger partial charge in [-0.15, -0.1) is 0 Å². The van der Waals surface area contributed by atoms with E-state index in [4.69, 9.17) is 17.2 Å². The molecule has 5 rings (SSSR count). The molecule has 0 aromatic heterocycles. The molecule has 1 aromatic carbocycles. The molecule has 1 N–H and O–H groups in total. The van der Waals surface area contributed by atoms with Crippen molar-refractivity contribution in [3.63, 3.8) is 0 Å². The maximum absolute atomic E-state index is 6.10. The molecular weight excluding hydrogens is 477 g/mol. The Morgan fingerprint density at radius 2 is 1.81 bits per heavy atom. The van der Waals surface area contributed by atoms with Gasteiger partial charge in [0.1, 0.15) is 0 Å². The van der Waals surface area contributed by atoms with Gasteiger partial charge in [-0.25, -0.2) is 0 Å². The molecule has 3 fully saturated rings. The maximum Gasteiger partial charge on any atom is 0.172 e. The van der Waals surface area contributed by atoms with Gasteiger partial charge in [-0.1, -0.05) is 75.4 Å². The number of nitrogens with zero attached hydrogens (tertiary/aromatic N) is 3. The summed E-state index contributed by atoms with van der Waals surface area (Å²) >= 11 is 6.10. The highest BCUT2D eigenvalue weighted by atomic mass is 32.1. The van der Waals surface area contributed by atoms with Crippen molar-refractivity contribution in [2.24, 2.45) is 22.7 Å². The number of rotatable bonds is 10. The Morgan fingerprint density at radius 3 is 2.53 bits per heavy atom. The maximum atomic E-state index is 6.10. The van der Waals surface area contributed by atoms with Crippen LogP contribution in [0.5, 0.6) is 0 Å². The Bertz CT molecular complexity index is 863. The molecule has 2 heterocycles. The lowest BCUT2D eigenvalue weighted by Crippen LogP contribution is -2.38. The van der Waals surface area contributed by atoms with E-state index in [1.165, 1.54) is 81.7 Å².